The number of thiophene rings is 1. The van der Waals surface area contributed by atoms with E-state index in [-0.39, 0.29) is 0 Å². The number of anilines is 1. The predicted molar refractivity (Wildman–Crippen MR) is 77.9 cm³/mol. The van der Waals surface area contributed by atoms with Gasteiger partial charge in [0.15, 0.2) is 4.34 Å². The molecule has 0 amide bonds. The van der Waals surface area contributed by atoms with Crippen molar-refractivity contribution >= 4 is 50.6 Å². The van der Waals surface area contributed by atoms with Crippen molar-refractivity contribution in [3.05, 3.63) is 22.5 Å². The minimum absolute atomic E-state index is 0.656. The molecule has 92 valence electrons. The molecule has 3 heterocycles. The maximum absolute atomic E-state index is 4.52. The molecule has 0 aliphatic heterocycles. The Morgan fingerprint density at radius 2 is 2.22 bits per heavy atom. The van der Waals surface area contributed by atoms with Gasteiger partial charge in [-0.05, 0) is 24.8 Å². The summed E-state index contributed by atoms with van der Waals surface area (Å²) in [6, 6.07) is 2.13. The van der Waals surface area contributed by atoms with E-state index in [9.17, 15) is 0 Å². The zero-order valence-electron chi connectivity index (χ0n) is 9.80. The molecule has 3 aromatic heterocycles. The van der Waals surface area contributed by atoms with Crippen LogP contribution in [0.25, 0.3) is 10.2 Å². The van der Waals surface area contributed by atoms with Gasteiger partial charge in [-0.25, -0.2) is 15.0 Å². The first-order valence-electron chi connectivity index (χ1n) is 5.29. The topological polar surface area (TPSA) is 50.7 Å². The van der Waals surface area contributed by atoms with E-state index in [1.165, 1.54) is 4.88 Å². The van der Waals surface area contributed by atoms with Gasteiger partial charge in [0, 0.05) is 28.9 Å². The van der Waals surface area contributed by atoms with Gasteiger partial charge in [-0.2, -0.15) is 0 Å². The van der Waals surface area contributed by atoms with E-state index < -0.39 is 0 Å². The Hall–Kier alpha value is -1.18. The van der Waals surface area contributed by atoms with Crippen LogP contribution < -0.4 is 5.32 Å². The van der Waals surface area contributed by atoms with Crippen LogP contribution in [0.1, 0.15) is 4.88 Å². The lowest BCUT2D eigenvalue weighted by Crippen LogP contribution is -1.96. The molecule has 0 bridgehead atoms. The third-order valence-corrected chi connectivity index (χ3v) is 5.13. The molecule has 0 spiro atoms. The molecule has 3 aromatic rings. The molecule has 0 unspecified atom stereocenters. The number of fused-ring (bicyclic) bond motifs is 1. The zero-order chi connectivity index (χ0) is 12.5. The standard InChI is InChI=1S/C11H10N4S3/c1-6-5-7-8(17-6)14-10(12-2)15-9(7)18-11-13-3-4-16-11/h3-5H,1-2H3,(H,12,14,15). The van der Waals surface area contributed by atoms with Crippen molar-refractivity contribution in [2.24, 2.45) is 0 Å². The summed E-state index contributed by atoms with van der Waals surface area (Å²) in [6.07, 6.45) is 1.81. The lowest BCUT2D eigenvalue weighted by molar-refractivity contribution is 1.10. The second-order valence-corrected chi connectivity index (χ2v) is 6.94. The van der Waals surface area contributed by atoms with Gasteiger partial charge < -0.3 is 5.32 Å². The second-order valence-electron chi connectivity index (χ2n) is 3.58. The maximum Gasteiger partial charge on any atom is 0.224 e. The van der Waals surface area contributed by atoms with Gasteiger partial charge in [0.2, 0.25) is 5.95 Å². The van der Waals surface area contributed by atoms with Gasteiger partial charge in [-0.15, -0.1) is 22.7 Å². The molecule has 0 saturated heterocycles. The highest BCUT2D eigenvalue weighted by molar-refractivity contribution is 8.01. The summed E-state index contributed by atoms with van der Waals surface area (Å²) >= 11 is 4.90. The normalized spacial score (nSPS) is 11.0. The predicted octanol–water partition coefficient (Wildman–Crippen LogP) is 3.65. The number of aromatic nitrogens is 3. The van der Waals surface area contributed by atoms with Crippen LogP contribution in [0.2, 0.25) is 0 Å². The Morgan fingerprint density at radius 1 is 1.33 bits per heavy atom. The molecular weight excluding hydrogens is 284 g/mol. The van der Waals surface area contributed by atoms with Crippen molar-refractivity contribution in [1.29, 1.82) is 0 Å². The summed E-state index contributed by atoms with van der Waals surface area (Å²) in [5.41, 5.74) is 0. The van der Waals surface area contributed by atoms with E-state index in [0.717, 1.165) is 19.6 Å². The molecule has 18 heavy (non-hydrogen) atoms. The smallest absolute Gasteiger partial charge is 0.224 e. The number of hydrogen-bond acceptors (Lipinski definition) is 7. The quantitative estimate of drug-likeness (QED) is 0.747. The van der Waals surface area contributed by atoms with E-state index in [1.807, 2.05) is 18.6 Å². The minimum Gasteiger partial charge on any atom is -0.357 e. The second kappa shape index (κ2) is 4.83. The van der Waals surface area contributed by atoms with E-state index in [4.69, 9.17) is 0 Å². The van der Waals surface area contributed by atoms with Crippen molar-refractivity contribution in [3.8, 4) is 0 Å². The molecule has 0 aromatic carbocycles. The van der Waals surface area contributed by atoms with Crippen LogP contribution in [-0.2, 0) is 0 Å². The number of hydrogen-bond donors (Lipinski definition) is 1. The van der Waals surface area contributed by atoms with Crippen LogP contribution in [0.15, 0.2) is 27.0 Å². The molecule has 0 radical (unpaired) electrons. The summed E-state index contributed by atoms with van der Waals surface area (Å²) in [5, 5.41) is 7.04. The summed E-state index contributed by atoms with van der Waals surface area (Å²) in [4.78, 5) is 15.5. The fourth-order valence-electron chi connectivity index (χ4n) is 1.55. The number of rotatable bonds is 3. The largest absolute Gasteiger partial charge is 0.357 e. The molecule has 4 nitrogen and oxygen atoms in total. The first-order chi connectivity index (χ1) is 8.76. The molecule has 0 atom stereocenters. The maximum atomic E-state index is 4.52. The van der Waals surface area contributed by atoms with Crippen molar-refractivity contribution < 1.29 is 0 Å². The first-order valence-corrected chi connectivity index (χ1v) is 7.81. The van der Waals surface area contributed by atoms with Crippen LogP contribution >= 0.6 is 34.4 Å². The summed E-state index contributed by atoms with van der Waals surface area (Å²) in [5.74, 6) is 0.656. The lowest BCUT2D eigenvalue weighted by Gasteiger charge is -2.03. The number of nitrogens with zero attached hydrogens (tertiary/aromatic N) is 3. The van der Waals surface area contributed by atoms with Gasteiger partial charge in [-0.1, -0.05) is 0 Å². The fourth-order valence-corrected chi connectivity index (χ4v) is 4.13. The van der Waals surface area contributed by atoms with E-state index in [0.29, 0.717) is 5.95 Å². The van der Waals surface area contributed by atoms with Crippen molar-refractivity contribution in [2.45, 2.75) is 16.3 Å². The monoisotopic (exact) mass is 294 g/mol. The Balaban J connectivity index is 2.13. The highest BCUT2D eigenvalue weighted by atomic mass is 32.2. The molecule has 7 heteroatoms. The average molecular weight is 294 g/mol. The van der Waals surface area contributed by atoms with Gasteiger partial charge in [-0.3, -0.25) is 0 Å². The minimum atomic E-state index is 0.656. The molecule has 3 rings (SSSR count). The molecule has 0 fully saturated rings. The SMILES string of the molecule is CNc1nc(Sc2nccs2)c2cc(C)sc2n1. The number of thiazole rings is 1. The molecule has 0 aliphatic rings. The molecule has 1 N–H and O–H groups in total. The zero-order valence-corrected chi connectivity index (χ0v) is 12.2. The van der Waals surface area contributed by atoms with Gasteiger partial charge >= 0.3 is 0 Å². The van der Waals surface area contributed by atoms with Gasteiger partial charge in [0.25, 0.3) is 0 Å². The third-order valence-electron chi connectivity index (χ3n) is 2.30. The third kappa shape index (κ3) is 2.21. The van der Waals surface area contributed by atoms with Crippen LogP contribution in [0, 0.1) is 6.92 Å². The average Bonchev–Trinajstić information content (AvgIpc) is 2.97. The highest BCUT2D eigenvalue weighted by Gasteiger charge is 2.12. The van der Waals surface area contributed by atoms with E-state index >= 15 is 0 Å². The molecule has 0 saturated carbocycles. The van der Waals surface area contributed by atoms with Crippen molar-refractivity contribution in [2.75, 3.05) is 12.4 Å². The Labute approximate surface area is 117 Å². The fraction of sp³-hybridized carbons (Fsp3) is 0.182. The van der Waals surface area contributed by atoms with E-state index in [1.54, 1.807) is 34.4 Å². The van der Waals surface area contributed by atoms with Crippen molar-refractivity contribution in [3.63, 3.8) is 0 Å². The summed E-state index contributed by atoms with van der Waals surface area (Å²) in [6.45, 7) is 2.09. The van der Waals surface area contributed by atoms with Crippen molar-refractivity contribution in [1.82, 2.24) is 15.0 Å². The number of aryl methyl sites for hydroxylation is 1. The number of nitrogens with one attached hydrogen (secondary N) is 1. The van der Waals surface area contributed by atoms with Crippen LogP contribution in [0.3, 0.4) is 0 Å². The van der Waals surface area contributed by atoms with Crippen LogP contribution in [-0.4, -0.2) is 22.0 Å². The Kier molecular flexibility index (Phi) is 3.19. The lowest BCUT2D eigenvalue weighted by atomic mass is 10.4. The summed E-state index contributed by atoms with van der Waals surface area (Å²) in [7, 11) is 1.83. The van der Waals surface area contributed by atoms with Gasteiger partial charge in [0.1, 0.15) is 9.86 Å². The first kappa shape index (κ1) is 11.9. The van der Waals surface area contributed by atoms with E-state index in [2.05, 4.69) is 33.3 Å². The molecular formula is C11H10N4S3. The highest BCUT2D eigenvalue weighted by Crippen LogP contribution is 2.36. The Bertz CT molecular complexity index is 675. The van der Waals surface area contributed by atoms with Crippen LogP contribution in [0.5, 0.6) is 0 Å². The molecule has 0 aliphatic carbocycles. The van der Waals surface area contributed by atoms with Crippen LogP contribution in [0.4, 0.5) is 5.95 Å². The Morgan fingerprint density at radius 3 is 2.94 bits per heavy atom. The van der Waals surface area contributed by atoms with Gasteiger partial charge in [0.05, 0.1) is 0 Å². The summed E-state index contributed by atoms with van der Waals surface area (Å²) < 4.78 is 1.00.